The van der Waals surface area contributed by atoms with Crippen molar-refractivity contribution in [3.63, 3.8) is 0 Å². The summed E-state index contributed by atoms with van der Waals surface area (Å²) in [7, 11) is 0. The van der Waals surface area contributed by atoms with E-state index in [1.807, 2.05) is 23.1 Å². The van der Waals surface area contributed by atoms with Gasteiger partial charge in [0, 0.05) is 22.9 Å². The van der Waals surface area contributed by atoms with Crippen LogP contribution in [0.15, 0.2) is 47.5 Å². The Labute approximate surface area is 150 Å². The number of amides is 2. The number of rotatable bonds is 4. The lowest BCUT2D eigenvalue weighted by Crippen LogP contribution is -2.43. The summed E-state index contributed by atoms with van der Waals surface area (Å²) in [6, 6.07) is 10.6. The number of nitrogens with zero attached hydrogens (tertiary/aromatic N) is 2. The van der Waals surface area contributed by atoms with Crippen LogP contribution in [-0.2, 0) is 6.54 Å². The first kappa shape index (κ1) is 16.4. The molecule has 4 nitrogen and oxygen atoms in total. The maximum absolute atomic E-state index is 13.6. The molecule has 0 radical (unpaired) electrons. The van der Waals surface area contributed by atoms with Crippen LogP contribution in [0.4, 0.5) is 9.18 Å². The maximum atomic E-state index is 13.6. The number of pyridine rings is 1. The van der Waals surface area contributed by atoms with Gasteiger partial charge >= 0.3 is 6.03 Å². The van der Waals surface area contributed by atoms with Gasteiger partial charge in [-0.1, -0.05) is 6.07 Å². The van der Waals surface area contributed by atoms with Crippen molar-refractivity contribution >= 4 is 17.8 Å². The zero-order chi connectivity index (χ0) is 17.2. The number of benzene rings is 1. The van der Waals surface area contributed by atoms with E-state index >= 15 is 0 Å². The SMILES string of the molecule is O=C(NC1CCSc2ccc(F)cc21)N(Cc1ccccn1)C1CC1. The van der Waals surface area contributed by atoms with Crippen molar-refractivity contribution in [3.8, 4) is 0 Å². The molecule has 2 aliphatic rings. The predicted octanol–water partition coefficient (Wildman–Crippen LogP) is 4.13. The highest BCUT2D eigenvalue weighted by Gasteiger charge is 2.34. The van der Waals surface area contributed by atoms with Crippen molar-refractivity contribution in [3.05, 3.63) is 59.7 Å². The normalized spacial score (nSPS) is 19.2. The summed E-state index contributed by atoms with van der Waals surface area (Å²) in [5.74, 6) is 0.667. The minimum absolute atomic E-state index is 0.0831. The van der Waals surface area contributed by atoms with Crippen LogP contribution in [0.25, 0.3) is 0 Å². The molecule has 1 aliphatic carbocycles. The molecule has 1 saturated carbocycles. The molecular formula is C19H20FN3OS. The number of hydrogen-bond donors (Lipinski definition) is 1. The number of carbonyl (C=O) groups is 1. The van der Waals surface area contributed by atoms with Gasteiger partial charge in [0.2, 0.25) is 0 Å². The summed E-state index contributed by atoms with van der Waals surface area (Å²) >= 11 is 1.72. The molecule has 1 atom stereocenters. The van der Waals surface area contributed by atoms with Gasteiger partial charge in [0.1, 0.15) is 5.82 Å². The monoisotopic (exact) mass is 357 g/mol. The average molecular weight is 357 g/mol. The molecule has 0 saturated heterocycles. The molecule has 0 bridgehead atoms. The van der Waals surface area contributed by atoms with E-state index in [9.17, 15) is 9.18 Å². The van der Waals surface area contributed by atoms with Crippen molar-refractivity contribution in [1.29, 1.82) is 0 Å². The first-order valence-corrected chi connectivity index (χ1v) is 9.58. The molecule has 1 unspecified atom stereocenters. The lowest BCUT2D eigenvalue weighted by Gasteiger charge is -2.29. The Kier molecular flexibility index (Phi) is 4.61. The molecule has 130 valence electrons. The van der Waals surface area contributed by atoms with E-state index in [2.05, 4.69) is 10.3 Å². The molecule has 25 heavy (non-hydrogen) atoms. The number of urea groups is 1. The largest absolute Gasteiger partial charge is 0.331 e. The first-order chi connectivity index (χ1) is 12.2. The van der Waals surface area contributed by atoms with Gasteiger partial charge in [-0.05, 0) is 55.2 Å². The van der Waals surface area contributed by atoms with E-state index in [0.29, 0.717) is 6.54 Å². The van der Waals surface area contributed by atoms with E-state index in [1.54, 1.807) is 30.1 Å². The van der Waals surface area contributed by atoms with Gasteiger partial charge in [-0.25, -0.2) is 9.18 Å². The van der Waals surface area contributed by atoms with Crippen LogP contribution in [0.3, 0.4) is 0 Å². The molecular weight excluding hydrogens is 337 g/mol. The van der Waals surface area contributed by atoms with Crippen molar-refractivity contribution in [2.75, 3.05) is 5.75 Å². The Hall–Kier alpha value is -2.08. The van der Waals surface area contributed by atoms with Crippen LogP contribution in [0, 0.1) is 5.82 Å². The summed E-state index contributed by atoms with van der Waals surface area (Å²) < 4.78 is 13.6. The Morgan fingerprint density at radius 2 is 2.16 bits per heavy atom. The number of fused-ring (bicyclic) bond motifs is 1. The molecule has 2 aromatic rings. The van der Waals surface area contributed by atoms with Gasteiger partial charge in [0.05, 0.1) is 18.3 Å². The van der Waals surface area contributed by atoms with Crippen molar-refractivity contribution in [2.45, 2.75) is 42.8 Å². The zero-order valence-electron chi connectivity index (χ0n) is 13.8. The number of nitrogens with one attached hydrogen (secondary N) is 1. The molecule has 1 aromatic heterocycles. The van der Waals surface area contributed by atoms with Crippen LogP contribution in [0.5, 0.6) is 0 Å². The van der Waals surface area contributed by atoms with Gasteiger partial charge in [0.25, 0.3) is 0 Å². The highest BCUT2D eigenvalue weighted by molar-refractivity contribution is 7.99. The van der Waals surface area contributed by atoms with Crippen LogP contribution < -0.4 is 5.32 Å². The van der Waals surface area contributed by atoms with Crippen molar-refractivity contribution in [2.24, 2.45) is 0 Å². The molecule has 2 amide bonds. The molecule has 1 aliphatic heterocycles. The third kappa shape index (κ3) is 3.79. The van der Waals surface area contributed by atoms with Crippen molar-refractivity contribution < 1.29 is 9.18 Å². The summed E-state index contributed by atoms with van der Waals surface area (Å²) in [4.78, 5) is 20.1. The average Bonchev–Trinajstić information content (AvgIpc) is 3.46. The van der Waals surface area contributed by atoms with E-state index in [-0.39, 0.29) is 23.9 Å². The maximum Gasteiger partial charge on any atom is 0.318 e. The highest BCUT2D eigenvalue weighted by atomic mass is 32.2. The van der Waals surface area contributed by atoms with Crippen LogP contribution in [0.2, 0.25) is 0 Å². The number of halogens is 1. The second-order valence-electron chi connectivity index (χ2n) is 6.50. The smallest absolute Gasteiger partial charge is 0.318 e. The fraction of sp³-hybridized carbons (Fsp3) is 0.368. The fourth-order valence-electron chi connectivity index (χ4n) is 3.17. The molecule has 6 heteroatoms. The molecule has 4 rings (SSSR count). The number of thioether (sulfide) groups is 1. The van der Waals surface area contributed by atoms with Gasteiger partial charge in [-0.15, -0.1) is 11.8 Å². The van der Waals surface area contributed by atoms with Gasteiger partial charge in [0.15, 0.2) is 0 Å². The van der Waals surface area contributed by atoms with Crippen LogP contribution >= 0.6 is 11.8 Å². The minimum atomic E-state index is -0.256. The summed E-state index contributed by atoms with van der Waals surface area (Å²) in [5.41, 5.74) is 1.77. The molecule has 1 aromatic carbocycles. The quantitative estimate of drug-likeness (QED) is 0.895. The molecule has 1 N–H and O–H groups in total. The zero-order valence-corrected chi connectivity index (χ0v) is 14.6. The number of aromatic nitrogens is 1. The van der Waals surface area contributed by atoms with Crippen molar-refractivity contribution in [1.82, 2.24) is 15.2 Å². The summed E-state index contributed by atoms with van der Waals surface area (Å²) in [5, 5.41) is 3.12. The Balaban J connectivity index is 1.50. The topological polar surface area (TPSA) is 45.2 Å². The summed E-state index contributed by atoms with van der Waals surface area (Å²) in [6.45, 7) is 0.509. The summed E-state index contributed by atoms with van der Waals surface area (Å²) in [6.07, 6.45) is 4.63. The number of carbonyl (C=O) groups excluding carboxylic acids is 1. The van der Waals surface area contributed by atoms with Gasteiger partial charge in [-0.3, -0.25) is 4.98 Å². The lowest BCUT2D eigenvalue weighted by molar-refractivity contribution is 0.186. The van der Waals surface area contributed by atoms with Gasteiger partial charge < -0.3 is 10.2 Å². The minimum Gasteiger partial charge on any atom is -0.331 e. The molecule has 2 heterocycles. The standard InChI is InChI=1S/C19H20FN3OS/c20-13-4-7-18-16(11-13)17(8-10-25-18)22-19(24)23(15-5-6-15)12-14-3-1-2-9-21-14/h1-4,7,9,11,15,17H,5-6,8,10,12H2,(H,22,24). The second-order valence-corrected chi connectivity index (χ2v) is 7.64. The molecule has 1 fully saturated rings. The van der Waals surface area contributed by atoms with E-state index in [4.69, 9.17) is 0 Å². The Morgan fingerprint density at radius 3 is 2.92 bits per heavy atom. The van der Waals surface area contributed by atoms with E-state index in [1.165, 1.54) is 6.07 Å². The third-order valence-corrected chi connectivity index (χ3v) is 5.74. The predicted molar refractivity (Wildman–Crippen MR) is 95.8 cm³/mol. The second kappa shape index (κ2) is 7.04. The lowest BCUT2D eigenvalue weighted by atomic mass is 10.0. The highest BCUT2D eigenvalue weighted by Crippen LogP contribution is 2.37. The fourth-order valence-corrected chi connectivity index (χ4v) is 4.27. The first-order valence-electron chi connectivity index (χ1n) is 8.60. The van der Waals surface area contributed by atoms with Gasteiger partial charge in [-0.2, -0.15) is 0 Å². The van der Waals surface area contributed by atoms with E-state index in [0.717, 1.165) is 41.2 Å². The third-order valence-electron chi connectivity index (χ3n) is 4.62. The Bertz CT molecular complexity index is 767. The number of hydrogen-bond acceptors (Lipinski definition) is 3. The van der Waals surface area contributed by atoms with Crippen LogP contribution in [-0.4, -0.2) is 27.7 Å². The van der Waals surface area contributed by atoms with Crippen LogP contribution in [0.1, 0.15) is 36.6 Å². The Morgan fingerprint density at radius 1 is 1.28 bits per heavy atom. The van der Waals surface area contributed by atoms with E-state index < -0.39 is 0 Å². The molecule has 0 spiro atoms.